The van der Waals surface area contributed by atoms with Crippen LogP contribution in [0.1, 0.15) is 51.7 Å². The lowest BCUT2D eigenvalue weighted by Crippen LogP contribution is -2.14. The maximum atomic E-state index is 12.0. The Balaban J connectivity index is 2.19. The molecule has 1 amide bonds. The number of nitrogens with one attached hydrogen (secondary N) is 2. The molecule has 0 fully saturated rings. The molecule has 0 spiro atoms. The van der Waals surface area contributed by atoms with Crippen LogP contribution in [0, 0.1) is 11.3 Å². The van der Waals surface area contributed by atoms with Crippen molar-refractivity contribution in [1.29, 1.82) is 5.41 Å². The van der Waals surface area contributed by atoms with E-state index in [1.165, 1.54) is 0 Å². The number of hydrogen-bond acceptors (Lipinski definition) is 5. The number of nitrogen functional groups attached to an aromatic ring is 1. The molecule has 6 heteroatoms. The summed E-state index contributed by atoms with van der Waals surface area (Å²) in [6.45, 7) is 8.04. The summed E-state index contributed by atoms with van der Waals surface area (Å²) in [4.78, 5) is 16.2. The van der Waals surface area contributed by atoms with Gasteiger partial charge in [-0.1, -0.05) is 13.8 Å². The molecule has 1 aromatic heterocycles. The number of nitrogens with two attached hydrogens (primary N) is 1. The monoisotopic (exact) mass is 368 g/mol. The average Bonchev–Trinajstić information content (AvgIpc) is 2.61. The summed E-state index contributed by atoms with van der Waals surface area (Å²) in [6.07, 6.45) is 2.87. The lowest BCUT2D eigenvalue weighted by Gasteiger charge is -2.14. The lowest BCUT2D eigenvalue weighted by molar-refractivity contribution is -0.116. The number of ether oxygens (including phenoxy) is 1. The van der Waals surface area contributed by atoms with Crippen molar-refractivity contribution >= 4 is 23.1 Å². The number of carbonyl (C=O) groups excluding carboxylic acids is 1. The van der Waals surface area contributed by atoms with E-state index in [0.717, 1.165) is 6.42 Å². The normalized spacial score (nSPS) is 10.9. The minimum Gasteiger partial charge on any atom is -0.491 e. The highest BCUT2D eigenvalue weighted by atomic mass is 16.5. The van der Waals surface area contributed by atoms with Gasteiger partial charge in [0.25, 0.3) is 0 Å². The number of carbonyl (C=O) groups is 1. The molecule has 6 nitrogen and oxygen atoms in total. The Kier molecular flexibility index (Phi) is 6.93. The molecule has 0 unspecified atom stereocenters. The van der Waals surface area contributed by atoms with Gasteiger partial charge in [-0.15, -0.1) is 0 Å². The Bertz CT molecular complexity index is 816. The van der Waals surface area contributed by atoms with Gasteiger partial charge in [0, 0.05) is 29.4 Å². The molecule has 0 aliphatic rings. The molecular formula is C21H28N4O2. The fraction of sp³-hybridized carbons (Fsp3) is 0.381. The van der Waals surface area contributed by atoms with E-state index >= 15 is 0 Å². The van der Waals surface area contributed by atoms with Crippen LogP contribution in [0.15, 0.2) is 36.5 Å². The molecule has 144 valence electrons. The van der Waals surface area contributed by atoms with E-state index in [4.69, 9.17) is 15.9 Å². The van der Waals surface area contributed by atoms with Crippen molar-refractivity contribution in [3.8, 4) is 5.75 Å². The number of rotatable bonds is 8. The molecule has 0 aliphatic heterocycles. The molecule has 2 rings (SSSR count). The van der Waals surface area contributed by atoms with Crippen molar-refractivity contribution < 1.29 is 9.53 Å². The smallest absolute Gasteiger partial charge is 0.225 e. The zero-order chi connectivity index (χ0) is 20.0. The summed E-state index contributed by atoms with van der Waals surface area (Å²) in [5, 5.41) is 11.3. The third-order valence-corrected chi connectivity index (χ3v) is 3.93. The largest absolute Gasteiger partial charge is 0.491 e. The first-order valence-corrected chi connectivity index (χ1v) is 9.17. The number of hydrogen-bond donors (Lipinski definition) is 3. The van der Waals surface area contributed by atoms with Crippen molar-refractivity contribution in [2.24, 2.45) is 5.92 Å². The molecular weight excluding hydrogens is 340 g/mol. The maximum Gasteiger partial charge on any atom is 0.225 e. The van der Waals surface area contributed by atoms with E-state index in [0.29, 0.717) is 40.7 Å². The van der Waals surface area contributed by atoms with Crippen LogP contribution in [-0.2, 0) is 4.79 Å². The van der Waals surface area contributed by atoms with Crippen LogP contribution < -0.4 is 15.8 Å². The van der Waals surface area contributed by atoms with E-state index in [2.05, 4.69) is 24.1 Å². The SMILES string of the molecule is CC(C)CCC(=O)Nc1cc(C(=N)c2cc(OC(C)C)ccc2N)ccn1. The quantitative estimate of drug-likeness (QED) is 0.479. The first-order chi connectivity index (χ1) is 12.8. The van der Waals surface area contributed by atoms with Gasteiger partial charge >= 0.3 is 0 Å². The molecule has 27 heavy (non-hydrogen) atoms. The van der Waals surface area contributed by atoms with Gasteiger partial charge in [-0.3, -0.25) is 10.2 Å². The van der Waals surface area contributed by atoms with Gasteiger partial charge in [-0.2, -0.15) is 0 Å². The summed E-state index contributed by atoms with van der Waals surface area (Å²) in [5.41, 5.74) is 8.01. The fourth-order valence-corrected chi connectivity index (χ4v) is 2.53. The van der Waals surface area contributed by atoms with Crippen molar-refractivity contribution in [1.82, 2.24) is 4.98 Å². The van der Waals surface area contributed by atoms with E-state index < -0.39 is 0 Å². The highest BCUT2D eigenvalue weighted by molar-refractivity contribution is 6.14. The first kappa shape index (κ1) is 20.4. The van der Waals surface area contributed by atoms with Gasteiger partial charge in [0.1, 0.15) is 11.6 Å². The second-order valence-electron chi connectivity index (χ2n) is 7.20. The Morgan fingerprint density at radius 2 is 1.96 bits per heavy atom. The van der Waals surface area contributed by atoms with Gasteiger partial charge in [0.15, 0.2) is 0 Å². The lowest BCUT2D eigenvalue weighted by atomic mass is 10.0. The van der Waals surface area contributed by atoms with E-state index in [9.17, 15) is 4.79 Å². The fourth-order valence-electron chi connectivity index (χ4n) is 2.53. The Morgan fingerprint density at radius 3 is 2.63 bits per heavy atom. The third-order valence-electron chi connectivity index (χ3n) is 3.93. The summed E-state index contributed by atoms with van der Waals surface area (Å²) in [6, 6.07) is 8.70. The minimum atomic E-state index is -0.0771. The predicted octanol–water partition coefficient (Wildman–Crippen LogP) is 4.24. The Labute approximate surface area is 160 Å². The summed E-state index contributed by atoms with van der Waals surface area (Å²) >= 11 is 0. The molecule has 1 aromatic carbocycles. The summed E-state index contributed by atoms with van der Waals surface area (Å²) < 4.78 is 5.70. The van der Waals surface area contributed by atoms with Crippen LogP contribution in [0.4, 0.5) is 11.5 Å². The number of nitrogens with zero attached hydrogens (tertiary/aromatic N) is 1. The third kappa shape index (κ3) is 6.09. The highest BCUT2D eigenvalue weighted by Gasteiger charge is 2.13. The predicted molar refractivity (Wildman–Crippen MR) is 109 cm³/mol. The van der Waals surface area contributed by atoms with Crippen LogP contribution in [0.5, 0.6) is 5.75 Å². The standard InChI is InChI=1S/C21H28N4O2/c1-13(2)5-8-20(26)25-19-11-15(9-10-24-19)21(23)17-12-16(27-14(3)4)6-7-18(17)22/h6-7,9-14,23H,5,8,22H2,1-4H3,(H,24,25,26). The molecule has 0 bridgehead atoms. The summed E-state index contributed by atoms with van der Waals surface area (Å²) in [5.74, 6) is 1.48. The van der Waals surface area contributed by atoms with Crippen LogP contribution in [0.2, 0.25) is 0 Å². The van der Waals surface area contributed by atoms with Crippen molar-refractivity contribution in [2.75, 3.05) is 11.1 Å². The zero-order valence-electron chi connectivity index (χ0n) is 16.4. The van der Waals surface area contributed by atoms with E-state index in [-0.39, 0.29) is 17.7 Å². The zero-order valence-corrected chi connectivity index (χ0v) is 16.4. The van der Waals surface area contributed by atoms with Gasteiger partial charge < -0.3 is 15.8 Å². The molecule has 0 radical (unpaired) electrons. The van der Waals surface area contributed by atoms with Crippen LogP contribution in [0.3, 0.4) is 0 Å². The number of anilines is 2. The molecule has 0 saturated heterocycles. The molecule has 2 aromatic rings. The van der Waals surface area contributed by atoms with Crippen molar-refractivity contribution in [3.63, 3.8) is 0 Å². The Hall–Kier alpha value is -2.89. The molecule has 1 heterocycles. The second kappa shape index (κ2) is 9.16. The number of benzene rings is 1. The van der Waals surface area contributed by atoms with E-state index in [1.807, 2.05) is 13.8 Å². The number of pyridine rings is 1. The van der Waals surface area contributed by atoms with Gasteiger partial charge in [-0.05, 0) is 56.5 Å². The molecule has 0 atom stereocenters. The number of amides is 1. The summed E-state index contributed by atoms with van der Waals surface area (Å²) in [7, 11) is 0. The van der Waals surface area contributed by atoms with Crippen molar-refractivity contribution in [3.05, 3.63) is 47.7 Å². The maximum absolute atomic E-state index is 12.0. The van der Waals surface area contributed by atoms with E-state index in [1.54, 1.807) is 36.5 Å². The molecule has 0 saturated carbocycles. The highest BCUT2D eigenvalue weighted by Crippen LogP contribution is 2.24. The van der Waals surface area contributed by atoms with Gasteiger partial charge in [0.2, 0.25) is 5.91 Å². The van der Waals surface area contributed by atoms with Crippen LogP contribution in [-0.4, -0.2) is 22.7 Å². The number of aromatic nitrogens is 1. The first-order valence-electron chi connectivity index (χ1n) is 9.17. The van der Waals surface area contributed by atoms with Crippen molar-refractivity contribution in [2.45, 2.75) is 46.6 Å². The Morgan fingerprint density at radius 1 is 1.22 bits per heavy atom. The van der Waals surface area contributed by atoms with Gasteiger partial charge in [-0.25, -0.2) is 4.98 Å². The molecule has 4 N–H and O–H groups in total. The van der Waals surface area contributed by atoms with Gasteiger partial charge in [0.05, 0.1) is 11.8 Å². The van der Waals surface area contributed by atoms with Crippen LogP contribution in [0.25, 0.3) is 0 Å². The average molecular weight is 368 g/mol. The topological polar surface area (TPSA) is 101 Å². The molecule has 0 aliphatic carbocycles. The second-order valence-corrected chi connectivity index (χ2v) is 7.20. The minimum absolute atomic E-state index is 0.0317. The van der Waals surface area contributed by atoms with Crippen LogP contribution >= 0.6 is 0 Å².